The second-order valence-corrected chi connectivity index (χ2v) is 9.55. The maximum Gasteiger partial charge on any atom is 0.272 e. The number of para-hydroxylation sites is 1. The van der Waals surface area contributed by atoms with Crippen LogP contribution >= 0.6 is 0 Å². The van der Waals surface area contributed by atoms with Crippen molar-refractivity contribution < 1.29 is 19.4 Å². The van der Waals surface area contributed by atoms with E-state index >= 15 is 0 Å². The Morgan fingerprint density at radius 1 is 0.775 bits per heavy atom. The highest BCUT2D eigenvalue weighted by molar-refractivity contribution is 6.07. The number of aromatic nitrogens is 1. The van der Waals surface area contributed by atoms with Gasteiger partial charge in [0, 0.05) is 29.4 Å². The summed E-state index contributed by atoms with van der Waals surface area (Å²) in [6.07, 6.45) is 2.29. The van der Waals surface area contributed by atoms with Crippen molar-refractivity contribution in [3.63, 3.8) is 0 Å². The standard InChI is InChI=1S/C33H31N3O4/c37-27-15-12-24(13-16-27)18-20-40-31-22-26(32(38)34-19-6-9-23-7-2-1-3-8-23)14-17-29(31)36-33(39)30-21-25-10-4-5-11-28(25)35-30/h1-5,7-8,10-17,21-22,35,37H,6,9,18-20H2,(H,34,38)(H,36,39). The van der Waals surface area contributed by atoms with Gasteiger partial charge in [0.1, 0.15) is 17.2 Å². The lowest BCUT2D eigenvalue weighted by molar-refractivity contribution is 0.0952. The highest BCUT2D eigenvalue weighted by Gasteiger charge is 2.15. The van der Waals surface area contributed by atoms with Gasteiger partial charge in [-0.25, -0.2) is 0 Å². The van der Waals surface area contributed by atoms with E-state index in [0.29, 0.717) is 42.3 Å². The summed E-state index contributed by atoms with van der Waals surface area (Å²) < 4.78 is 6.07. The Labute approximate surface area is 232 Å². The van der Waals surface area contributed by atoms with Crippen LogP contribution in [0.4, 0.5) is 5.69 Å². The first-order valence-electron chi connectivity index (χ1n) is 13.3. The van der Waals surface area contributed by atoms with Gasteiger partial charge in [-0.15, -0.1) is 0 Å². The minimum atomic E-state index is -0.308. The van der Waals surface area contributed by atoms with Crippen molar-refractivity contribution in [2.75, 3.05) is 18.5 Å². The SMILES string of the molecule is O=C(NCCCc1ccccc1)c1ccc(NC(=O)c2cc3ccccc3[nH]2)c(OCCc2ccc(O)cc2)c1. The van der Waals surface area contributed by atoms with Gasteiger partial charge in [-0.1, -0.05) is 60.7 Å². The molecule has 4 N–H and O–H groups in total. The van der Waals surface area contributed by atoms with Gasteiger partial charge < -0.3 is 25.5 Å². The minimum Gasteiger partial charge on any atom is -0.508 e. The third-order valence-electron chi connectivity index (χ3n) is 6.62. The summed E-state index contributed by atoms with van der Waals surface area (Å²) in [4.78, 5) is 29.1. The minimum absolute atomic E-state index is 0.203. The van der Waals surface area contributed by atoms with Crippen LogP contribution in [0.3, 0.4) is 0 Å². The highest BCUT2D eigenvalue weighted by Crippen LogP contribution is 2.27. The van der Waals surface area contributed by atoms with Crippen LogP contribution in [0.25, 0.3) is 10.9 Å². The van der Waals surface area contributed by atoms with E-state index in [1.54, 1.807) is 36.4 Å². The maximum atomic E-state index is 13.1. The number of fused-ring (bicyclic) bond motifs is 1. The number of amides is 2. The van der Waals surface area contributed by atoms with Crippen molar-refractivity contribution in [1.29, 1.82) is 0 Å². The second kappa shape index (κ2) is 12.7. The fourth-order valence-corrected chi connectivity index (χ4v) is 4.45. The summed E-state index contributed by atoms with van der Waals surface area (Å²) in [6, 6.07) is 31.6. The van der Waals surface area contributed by atoms with E-state index in [9.17, 15) is 14.7 Å². The van der Waals surface area contributed by atoms with Gasteiger partial charge in [0.2, 0.25) is 0 Å². The first kappa shape index (κ1) is 26.6. The number of ether oxygens (including phenoxy) is 1. The highest BCUT2D eigenvalue weighted by atomic mass is 16.5. The van der Waals surface area contributed by atoms with E-state index in [1.165, 1.54) is 5.56 Å². The van der Waals surface area contributed by atoms with E-state index < -0.39 is 0 Å². The van der Waals surface area contributed by atoms with Gasteiger partial charge in [0.25, 0.3) is 11.8 Å². The van der Waals surface area contributed by atoms with Crippen LogP contribution in [0.1, 0.15) is 38.4 Å². The van der Waals surface area contributed by atoms with E-state index in [4.69, 9.17) is 4.74 Å². The summed E-state index contributed by atoms with van der Waals surface area (Å²) in [5, 5.41) is 16.4. The molecule has 0 unspecified atom stereocenters. The molecule has 5 aromatic rings. The Hall–Kier alpha value is -5.04. The monoisotopic (exact) mass is 533 g/mol. The normalized spacial score (nSPS) is 10.8. The lowest BCUT2D eigenvalue weighted by Crippen LogP contribution is -2.25. The van der Waals surface area contributed by atoms with Gasteiger partial charge in [-0.05, 0) is 66.4 Å². The Balaban J connectivity index is 1.27. The predicted molar refractivity (Wildman–Crippen MR) is 157 cm³/mol. The van der Waals surface area contributed by atoms with Crippen molar-refractivity contribution in [2.45, 2.75) is 19.3 Å². The van der Waals surface area contributed by atoms with Crippen molar-refractivity contribution in [3.05, 3.63) is 126 Å². The molecular weight excluding hydrogens is 502 g/mol. The Morgan fingerprint density at radius 3 is 2.33 bits per heavy atom. The van der Waals surface area contributed by atoms with Crippen LogP contribution < -0.4 is 15.4 Å². The summed E-state index contributed by atoms with van der Waals surface area (Å²) in [5.41, 5.74) is 4.44. The number of carbonyl (C=O) groups excluding carboxylic acids is 2. The summed E-state index contributed by atoms with van der Waals surface area (Å²) in [6.45, 7) is 0.867. The first-order valence-corrected chi connectivity index (χ1v) is 13.3. The number of nitrogens with one attached hydrogen (secondary N) is 3. The number of hydrogen-bond donors (Lipinski definition) is 4. The van der Waals surface area contributed by atoms with Gasteiger partial charge in [-0.3, -0.25) is 9.59 Å². The van der Waals surface area contributed by atoms with Crippen LogP contribution in [-0.4, -0.2) is 35.1 Å². The molecule has 0 radical (unpaired) electrons. The molecule has 40 heavy (non-hydrogen) atoms. The smallest absolute Gasteiger partial charge is 0.272 e. The van der Waals surface area contributed by atoms with Crippen LogP contribution in [0, 0.1) is 0 Å². The predicted octanol–water partition coefficient (Wildman–Crippen LogP) is 6.11. The molecule has 0 aliphatic carbocycles. The van der Waals surface area contributed by atoms with E-state index in [-0.39, 0.29) is 17.6 Å². The number of H-pyrrole nitrogens is 1. The fourth-order valence-electron chi connectivity index (χ4n) is 4.45. The van der Waals surface area contributed by atoms with Crippen molar-refractivity contribution in [1.82, 2.24) is 10.3 Å². The number of anilines is 1. The Bertz CT molecular complexity index is 1560. The van der Waals surface area contributed by atoms with E-state index in [1.807, 2.05) is 54.6 Å². The number of aromatic hydroxyl groups is 1. The number of carbonyl (C=O) groups is 2. The number of aryl methyl sites for hydroxylation is 1. The number of benzene rings is 4. The molecular formula is C33H31N3O4. The average Bonchev–Trinajstić information content (AvgIpc) is 3.42. The number of hydrogen-bond acceptors (Lipinski definition) is 4. The quantitative estimate of drug-likeness (QED) is 0.154. The average molecular weight is 534 g/mol. The zero-order valence-corrected chi connectivity index (χ0v) is 22.0. The molecule has 0 bridgehead atoms. The molecule has 0 aliphatic heterocycles. The molecule has 7 nitrogen and oxygen atoms in total. The third-order valence-corrected chi connectivity index (χ3v) is 6.62. The number of aromatic amines is 1. The molecule has 0 fully saturated rings. The molecule has 4 aromatic carbocycles. The molecule has 1 heterocycles. The Kier molecular flexibility index (Phi) is 8.41. The molecule has 0 saturated carbocycles. The number of phenols is 1. The zero-order valence-electron chi connectivity index (χ0n) is 22.0. The zero-order chi connectivity index (χ0) is 27.7. The largest absolute Gasteiger partial charge is 0.508 e. The van der Waals surface area contributed by atoms with Gasteiger partial charge in [-0.2, -0.15) is 0 Å². The third kappa shape index (κ3) is 6.88. The van der Waals surface area contributed by atoms with Crippen molar-refractivity contribution in [3.8, 4) is 11.5 Å². The molecule has 7 heteroatoms. The first-order chi connectivity index (χ1) is 19.5. The molecule has 0 atom stereocenters. The topological polar surface area (TPSA) is 103 Å². The summed E-state index contributed by atoms with van der Waals surface area (Å²) in [7, 11) is 0. The van der Waals surface area contributed by atoms with Crippen LogP contribution in [0.15, 0.2) is 103 Å². The van der Waals surface area contributed by atoms with Crippen LogP contribution in [0.5, 0.6) is 11.5 Å². The molecule has 2 amide bonds. The number of rotatable bonds is 11. The second-order valence-electron chi connectivity index (χ2n) is 9.55. The summed E-state index contributed by atoms with van der Waals surface area (Å²) in [5.74, 6) is 0.0944. The molecule has 202 valence electrons. The van der Waals surface area contributed by atoms with Gasteiger partial charge >= 0.3 is 0 Å². The number of phenolic OH excluding ortho intramolecular Hbond substituents is 1. The van der Waals surface area contributed by atoms with E-state index in [0.717, 1.165) is 29.3 Å². The molecule has 0 saturated heterocycles. The summed E-state index contributed by atoms with van der Waals surface area (Å²) >= 11 is 0. The molecule has 5 rings (SSSR count). The molecule has 0 spiro atoms. The van der Waals surface area contributed by atoms with Gasteiger partial charge in [0.15, 0.2) is 0 Å². The van der Waals surface area contributed by atoms with Gasteiger partial charge in [0.05, 0.1) is 12.3 Å². The lowest BCUT2D eigenvalue weighted by atomic mass is 10.1. The van der Waals surface area contributed by atoms with Crippen LogP contribution in [-0.2, 0) is 12.8 Å². The van der Waals surface area contributed by atoms with E-state index in [2.05, 4.69) is 27.8 Å². The lowest BCUT2D eigenvalue weighted by Gasteiger charge is -2.14. The maximum absolute atomic E-state index is 13.1. The van der Waals surface area contributed by atoms with Crippen molar-refractivity contribution in [2.24, 2.45) is 0 Å². The Morgan fingerprint density at radius 2 is 1.52 bits per heavy atom. The fraction of sp³-hybridized carbons (Fsp3) is 0.152. The van der Waals surface area contributed by atoms with Crippen molar-refractivity contribution >= 4 is 28.4 Å². The van der Waals surface area contributed by atoms with Crippen LogP contribution in [0.2, 0.25) is 0 Å². The molecule has 1 aromatic heterocycles. The molecule has 0 aliphatic rings.